The molecule has 1 fully saturated rings. The van der Waals surface area contributed by atoms with Gasteiger partial charge in [0.1, 0.15) is 11.6 Å². The molecule has 1 saturated carbocycles. The van der Waals surface area contributed by atoms with Crippen LogP contribution in [0, 0.1) is 6.42 Å². The Morgan fingerprint density at radius 1 is 0.792 bits per heavy atom. The van der Waals surface area contributed by atoms with Crippen molar-refractivity contribution in [2.24, 2.45) is 0 Å². The molecule has 0 saturated heterocycles. The van der Waals surface area contributed by atoms with E-state index in [1.54, 1.807) is 24.8 Å². The maximum absolute atomic E-state index is 5.65. The second-order valence-corrected chi connectivity index (χ2v) is 5.91. The van der Waals surface area contributed by atoms with Crippen LogP contribution in [0.1, 0.15) is 24.3 Å². The lowest BCUT2D eigenvalue weighted by atomic mass is 9.77. The number of anilines is 2. The molecule has 0 spiro atoms. The number of hydrogen-bond donors (Lipinski definition) is 2. The number of hydrogen-bond acceptors (Lipinski definition) is 6. The SMILES string of the molecule is Nc1cnc(-c2ccc(-c3cnc(N)cn3)c(C3C[CH]C3)c2)cn1. The summed E-state index contributed by atoms with van der Waals surface area (Å²) in [5.41, 5.74) is 16.3. The molecule has 2 heterocycles. The van der Waals surface area contributed by atoms with Crippen LogP contribution >= 0.6 is 0 Å². The summed E-state index contributed by atoms with van der Waals surface area (Å²) >= 11 is 0. The first kappa shape index (κ1) is 14.6. The van der Waals surface area contributed by atoms with Crippen molar-refractivity contribution < 1.29 is 0 Å². The molecule has 6 heteroatoms. The van der Waals surface area contributed by atoms with Gasteiger partial charge in [-0.05, 0) is 36.8 Å². The van der Waals surface area contributed by atoms with Crippen LogP contribution in [-0.2, 0) is 0 Å². The molecule has 2 aromatic heterocycles. The standard InChI is InChI=1S/C18H17N6/c19-17-9-21-15(7-23-17)12-4-5-13(14(6-12)11-2-1-3-11)16-8-24-18(20)10-22-16/h1,4-11H,2-3H2,(H2,19,23)(H2,20,24). The van der Waals surface area contributed by atoms with Crippen molar-refractivity contribution in [2.75, 3.05) is 11.5 Å². The number of nitrogen functional groups attached to an aromatic ring is 2. The summed E-state index contributed by atoms with van der Waals surface area (Å²) in [5.74, 6) is 1.34. The first-order chi connectivity index (χ1) is 11.7. The summed E-state index contributed by atoms with van der Waals surface area (Å²) in [7, 11) is 0. The van der Waals surface area contributed by atoms with Gasteiger partial charge in [-0.25, -0.2) is 9.97 Å². The van der Waals surface area contributed by atoms with Crippen LogP contribution in [-0.4, -0.2) is 19.9 Å². The number of aromatic nitrogens is 4. The average molecular weight is 317 g/mol. The summed E-state index contributed by atoms with van der Waals surface area (Å²) < 4.78 is 0. The molecule has 4 rings (SSSR count). The lowest BCUT2D eigenvalue weighted by Crippen LogP contribution is -2.11. The van der Waals surface area contributed by atoms with Gasteiger partial charge in [0.2, 0.25) is 0 Å². The number of nitrogens with two attached hydrogens (primary N) is 2. The molecule has 0 bridgehead atoms. The Morgan fingerprint density at radius 2 is 1.46 bits per heavy atom. The minimum Gasteiger partial charge on any atom is -0.382 e. The summed E-state index contributed by atoms with van der Waals surface area (Å²) in [6, 6.07) is 6.27. The maximum atomic E-state index is 5.65. The second-order valence-electron chi connectivity index (χ2n) is 5.91. The van der Waals surface area contributed by atoms with Crippen molar-refractivity contribution >= 4 is 11.6 Å². The van der Waals surface area contributed by atoms with Crippen LogP contribution < -0.4 is 11.5 Å². The molecule has 4 N–H and O–H groups in total. The predicted molar refractivity (Wildman–Crippen MR) is 93.6 cm³/mol. The van der Waals surface area contributed by atoms with Gasteiger partial charge >= 0.3 is 0 Å². The monoisotopic (exact) mass is 317 g/mol. The van der Waals surface area contributed by atoms with Crippen molar-refractivity contribution in [3.8, 4) is 22.5 Å². The summed E-state index contributed by atoms with van der Waals surface area (Å²) in [5, 5.41) is 0. The van der Waals surface area contributed by atoms with Crippen molar-refractivity contribution in [1.29, 1.82) is 0 Å². The van der Waals surface area contributed by atoms with Crippen LogP contribution in [0.4, 0.5) is 11.6 Å². The Hall–Kier alpha value is -3.02. The largest absolute Gasteiger partial charge is 0.382 e. The van der Waals surface area contributed by atoms with Crippen LogP contribution in [0.5, 0.6) is 0 Å². The van der Waals surface area contributed by atoms with E-state index in [-0.39, 0.29) is 0 Å². The van der Waals surface area contributed by atoms with Crippen molar-refractivity contribution in [3.05, 3.63) is 55.0 Å². The van der Waals surface area contributed by atoms with E-state index in [0.717, 1.165) is 35.4 Å². The normalized spacial score (nSPS) is 14.3. The van der Waals surface area contributed by atoms with Crippen molar-refractivity contribution in [2.45, 2.75) is 18.8 Å². The highest BCUT2D eigenvalue weighted by Gasteiger charge is 2.24. The molecule has 3 aromatic rings. The number of rotatable bonds is 3. The van der Waals surface area contributed by atoms with Gasteiger partial charge in [-0.2, -0.15) is 0 Å². The van der Waals surface area contributed by atoms with Gasteiger partial charge in [0, 0.05) is 11.1 Å². The van der Waals surface area contributed by atoms with Gasteiger partial charge in [0.15, 0.2) is 0 Å². The molecule has 0 atom stereocenters. The predicted octanol–water partition coefficient (Wildman–Crippen LogP) is 2.85. The van der Waals surface area contributed by atoms with E-state index in [2.05, 4.69) is 38.5 Å². The van der Waals surface area contributed by atoms with Crippen LogP contribution in [0.15, 0.2) is 43.0 Å². The molecule has 1 radical (unpaired) electrons. The highest BCUT2D eigenvalue weighted by Crippen LogP contribution is 2.41. The van der Waals surface area contributed by atoms with Crippen molar-refractivity contribution in [1.82, 2.24) is 19.9 Å². The molecule has 0 unspecified atom stereocenters. The molecule has 1 aliphatic carbocycles. The van der Waals surface area contributed by atoms with Gasteiger partial charge in [-0.1, -0.05) is 12.1 Å². The van der Waals surface area contributed by atoms with E-state index in [0.29, 0.717) is 17.6 Å². The van der Waals surface area contributed by atoms with Gasteiger partial charge in [-0.3, -0.25) is 9.97 Å². The van der Waals surface area contributed by atoms with E-state index in [1.807, 2.05) is 6.07 Å². The van der Waals surface area contributed by atoms with Gasteiger partial charge < -0.3 is 11.5 Å². The Labute approximate surface area is 140 Å². The first-order valence-corrected chi connectivity index (χ1v) is 7.82. The van der Waals surface area contributed by atoms with Gasteiger partial charge in [0.05, 0.1) is 36.2 Å². The number of nitrogens with zero attached hydrogens (tertiary/aromatic N) is 4. The zero-order valence-corrected chi connectivity index (χ0v) is 13.1. The lowest BCUT2D eigenvalue weighted by molar-refractivity contribution is 0.541. The van der Waals surface area contributed by atoms with E-state index >= 15 is 0 Å². The second kappa shape index (κ2) is 5.88. The highest BCUT2D eigenvalue weighted by molar-refractivity contribution is 5.71. The Bertz CT molecular complexity index is 854. The van der Waals surface area contributed by atoms with Gasteiger partial charge in [0.25, 0.3) is 0 Å². The fourth-order valence-electron chi connectivity index (χ4n) is 2.84. The minimum atomic E-state index is 0.418. The minimum absolute atomic E-state index is 0.418. The van der Waals surface area contributed by atoms with Crippen LogP contribution in [0.3, 0.4) is 0 Å². The van der Waals surface area contributed by atoms with Gasteiger partial charge in [-0.15, -0.1) is 0 Å². The maximum Gasteiger partial charge on any atom is 0.141 e. The summed E-state index contributed by atoms with van der Waals surface area (Å²) in [6.07, 6.45) is 11.0. The quantitative estimate of drug-likeness (QED) is 0.770. The smallest absolute Gasteiger partial charge is 0.141 e. The third-order valence-corrected chi connectivity index (χ3v) is 4.31. The zero-order chi connectivity index (χ0) is 16.5. The Kier molecular flexibility index (Phi) is 3.57. The third-order valence-electron chi connectivity index (χ3n) is 4.31. The van der Waals surface area contributed by atoms with E-state index in [9.17, 15) is 0 Å². The topological polar surface area (TPSA) is 104 Å². The van der Waals surface area contributed by atoms with E-state index in [1.165, 1.54) is 5.56 Å². The molecule has 119 valence electrons. The summed E-state index contributed by atoms with van der Waals surface area (Å²) in [6.45, 7) is 0. The van der Waals surface area contributed by atoms with Crippen molar-refractivity contribution in [3.63, 3.8) is 0 Å². The fourth-order valence-corrected chi connectivity index (χ4v) is 2.84. The molecule has 0 aliphatic heterocycles. The average Bonchev–Trinajstić information content (AvgIpc) is 2.55. The van der Waals surface area contributed by atoms with E-state index in [4.69, 9.17) is 11.5 Å². The number of benzene rings is 1. The molecule has 1 aromatic carbocycles. The lowest BCUT2D eigenvalue weighted by Gasteiger charge is -2.28. The Morgan fingerprint density at radius 3 is 2.00 bits per heavy atom. The molecular weight excluding hydrogens is 300 g/mol. The third kappa shape index (κ3) is 2.67. The first-order valence-electron chi connectivity index (χ1n) is 7.82. The molecule has 6 nitrogen and oxygen atoms in total. The molecule has 1 aliphatic rings. The summed E-state index contributed by atoms with van der Waals surface area (Å²) in [4.78, 5) is 17.1. The molecular formula is C18H17N6. The van der Waals surface area contributed by atoms with Crippen LogP contribution in [0.2, 0.25) is 0 Å². The highest BCUT2D eigenvalue weighted by atomic mass is 14.9. The molecule has 24 heavy (non-hydrogen) atoms. The van der Waals surface area contributed by atoms with Crippen LogP contribution in [0.25, 0.3) is 22.5 Å². The van der Waals surface area contributed by atoms with E-state index < -0.39 is 0 Å². The zero-order valence-electron chi connectivity index (χ0n) is 13.1. The molecule has 0 amide bonds. The Balaban J connectivity index is 1.79. The fraction of sp³-hybridized carbons (Fsp3) is 0.167.